The number of rotatable bonds is 6. The number of allylic oxidation sites excluding steroid dienone is 1. The Morgan fingerprint density at radius 2 is 1.72 bits per heavy atom. The zero-order valence-corrected chi connectivity index (χ0v) is 21.1. The topological polar surface area (TPSA) is 72.2 Å². The van der Waals surface area contributed by atoms with Crippen LogP contribution in [0.3, 0.4) is 0 Å². The molecule has 0 saturated carbocycles. The SMILES string of the molecule is CCOC(=O)N1CCN(C(=O)/C=C(\C)c2cc3c(-c4ccc(F)cc4)coc3c(C)c2OCC)CC1. The van der Waals surface area contributed by atoms with Gasteiger partial charge in [-0.2, -0.15) is 0 Å². The molecule has 2 amide bonds. The van der Waals surface area contributed by atoms with E-state index in [4.69, 9.17) is 13.9 Å². The molecule has 0 spiro atoms. The Hall–Kier alpha value is -3.81. The van der Waals surface area contributed by atoms with Crippen molar-refractivity contribution < 1.29 is 27.9 Å². The van der Waals surface area contributed by atoms with E-state index in [0.717, 1.165) is 33.2 Å². The summed E-state index contributed by atoms with van der Waals surface area (Å²) in [6.45, 7) is 10.0. The first-order chi connectivity index (χ1) is 17.3. The second-order valence-electron chi connectivity index (χ2n) is 8.68. The Morgan fingerprint density at radius 3 is 2.36 bits per heavy atom. The van der Waals surface area contributed by atoms with Crippen LogP contribution in [0.15, 0.2) is 47.1 Å². The van der Waals surface area contributed by atoms with Gasteiger partial charge in [0, 0.05) is 54.3 Å². The molecule has 36 heavy (non-hydrogen) atoms. The first-order valence-corrected chi connectivity index (χ1v) is 12.2. The first-order valence-electron chi connectivity index (χ1n) is 12.2. The number of carbonyl (C=O) groups excluding carboxylic acids is 2. The minimum atomic E-state index is -0.349. The molecule has 2 heterocycles. The van der Waals surface area contributed by atoms with E-state index in [0.29, 0.717) is 50.7 Å². The summed E-state index contributed by atoms with van der Waals surface area (Å²) in [6.07, 6.45) is 2.93. The van der Waals surface area contributed by atoms with Crippen LogP contribution >= 0.6 is 0 Å². The van der Waals surface area contributed by atoms with Crippen LogP contribution in [0.25, 0.3) is 27.7 Å². The van der Waals surface area contributed by atoms with Gasteiger partial charge in [-0.3, -0.25) is 4.79 Å². The van der Waals surface area contributed by atoms with E-state index in [2.05, 4.69) is 0 Å². The van der Waals surface area contributed by atoms with Gasteiger partial charge in [0.25, 0.3) is 0 Å². The Morgan fingerprint density at radius 1 is 1.06 bits per heavy atom. The molecule has 0 atom stereocenters. The van der Waals surface area contributed by atoms with E-state index >= 15 is 0 Å². The van der Waals surface area contributed by atoms with E-state index in [-0.39, 0.29) is 17.8 Å². The van der Waals surface area contributed by atoms with Gasteiger partial charge in [0.1, 0.15) is 17.1 Å². The number of hydrogen-bond donors (Lipinski definition) is 0. The molecule has 1 saturated heterocycles. The zero-order chi connectivity index (χ0) is 25.8. The first kappa shape index (κ1) is 25.3. The molecule has 0 N–H and O–H groups in total. The lowest BCUT2D eigenvalue weighted by molar-refractivity contribution is -0.127. The molecule has 0 aliphatic carbocycles. The molecule has 8 heteroatoms. The number of aryl methyl sites for hydroxylation is 1. The van der Waals surface area contributed by atoms with Crippen molar-refractivity contribution in [2.75, 3.05) is 39.4 Å². The van der Waals surface area contributed by atoms with Crippen LogP contribution in [0.1, 0.15) is 31.9 Å². The van der Waals surface area contributed by atoms with Crippen LogP contribution in [-0.2, 0) is 9.53 Å². The van der Waals surface area contributed by atoms with E-state index in [1.54, 1.807) is 41.2 Å². The van der Waals surface area contributed by atoms with Crippen molar-refractivity contribution in [2.24, 2.45) is 0 Å². The number of halogens is 1. The molecule has 1 aliphatic rings. The van der Waals surface area contributed by atoms with Crippen LogP contribution in [0.5, 0.6) is 5.75 Å². The molecule has 4 rings (SSSR count). The summed E-state index contributed by atoms with van der Waals surface area (Å²) in [4.78, 5) is 28.4. The van der Waals surface area contributed by atoms with Gasteiger partial charge in [-0.25, -0.2) is 9.18 Å². The van der Waals surface area contributed by atoms with Crippen LogP contribution in [0.2, 0.25) is 0 Å². The average Bonchev–Trinajstić information content (AvgIpc) is 3.30. The zero-order valence-electron chi connectivity index (χ0n) is 21.1. The summed E-state index contributed by atoms with van der Waals surface area (Å²) in [6, 6.07) is 8.23. The standard InChI is InChI=1S/C28H31FN2O5/c1-5-34-26-19(4)27-23(24(17-36-27)20-7-9-21(29)10-8-20)16-22(26)18(3)15-25(32)30-11-13-31(14-12-30)28(33)35-6-2/h7-10,15-17H,5-6,11-14H2,1-4H3/b18-15+. The number of amides is 2. The minimum Gasteiger partial charge on any atom is -0.493 e. The summed E-state index contributed by atoms with van der Waals surface area (Å²) in [5.41, 5.74) is 4.75. The lowest BCUT2D eigenvalue weighted by Gasteiger charge is -2.33. The largest absolute Gasteiger partial charge is 0.493 e. The third-order valence-electron chi connectivity index (χ3n) is 6.37. The van der Waals surface area contributed by atoms with Crippen molar-refractivity contribution in [1.29, 1.82) is 0 Å². The maximum atomic E-state index is 13.5. The monoisotopic (exact) mass is 494 g/mol. The maximum absolute atomic E-state index is 13.5. The van der Waals surface area contributed by atoms with Crippen LogP contribution in [-0.4, -0.2) is 61.2 Å². The van der Waals surface area contributed by atoms with Crippen LogP contribution in [0, 0.1) is 12.7 Å². The number of piperazine rings is 1. The normalized spacial score (nSPS) is 14.3. The van der Waals surface area contributed by atoms with Gasteiger partial charge in [-0.05, 0) is 57.0 Å². The highest BCUT2D eigenvalue weighted by molar-refractivity contribution is 6.01. The van der Waals surface area contributed by atoms with E-state index in [1.165, 1.54) is 12.1 Å². The molecular formula is C28H31FN2O5. The van der Waals surface area contributed by atoms with Crippen molar-refractivity contribution in [1.82, 2.24) is 9.80 Å². The fraction of sp³-hybridized carbons (Fsp3) is 0.357. The van der Waals surface area contributed by atoms with Gasteiger partial charge < -0.3 is 23.7 Å². The van der Waals surface area contributed by atoms with Crippen molar-refractivity contribution >= 4 is 28.5 Å². The molecule has 1 fully saturated rings. The highest BCUT2D eigenvalue weighted by Gasteiger charge is 2.25. The van der Waals surface area contributed by atoms with Crippen molar-refractivity contribution in [3.63, 3.8) is 0 Å². The van der Waals surface area contributed by atoms with E-state index < -0.39 is 0 Å². The second-order valence-corrected chi connectivity index (χ2v) is 8.68. The smallest absolute Gasteiger partial charge is 0.409 e. The third-order valence-corrected chi connectivity index (χ3v) is 6.37. The van der Waals surface area contributed by atoms with Gasteiger partial charge in [0.15, 0.2) is 0 Å². The molecule has 190 valence electrons. The Balaban J connectivity index is 1.65. The summed E-state index contributed by atoms with van der Waals surface area (Å²) in [5.74, 6) is 0.239. The molecular weight excluding hydrogens is 463 g/mol. The Labute approximate surface area is 210 Å². The quantitative estimate of drug-likeness (QED) is 0.414. The highest BCUT2D eigenvalue weighted by atomic mass is 19.1. The van der Waals surface area contributed by atoms with Gasteiger partial charge >= 0.3 is 6.09 Å². The number of nitrogens with zero attached hydrogens (tertiary/aromatic N) is 2. The molecule has 0 bridgehead atoms. The number of benzene rings is 2. The van der Waals surface area contributed by atoms with Gasteiger partial charge in [-0.15, -0.1) is 0 Å². The molecule has 2 aromatic carbocycles. The number of ether oxygens (including phenoxy) is 2. The molecule has 7 nitrogen and oxygen atoms in total. The Kier molecular flexibility index (Phi) is 7.62. The van der Waals surface area contributed by atoms with Gasteiger partial charge in [-0.1, -0.05) is 12.1 Å². The number of carbonyl (C=O) groups is 2. The molecule has 0 unspecified atom stereocenters. The Bertz CT molecular complexity index is 1290. The number of fused-ring (bicyclic) bond motifs is 1. The lowest BCUT2D eigenvalue weighted by Crippen LogP contribution is -2.50. The third kappa shape index (κ3) is 5.08. The van der Waals surface area contributed by atoms with Gasteiger partial charge in [0.05, 0.1) is 19.5 Å². The highest BCUT2D eigenvalue weighted by Crippen LogP contribution is 2.40. The summed E-state index contributed by atoms with van der Waals surface area (Å²) in [7, 11) is 0. The van der Waals surface area contributed by atoms with Crippen LogP contribution in [0.4, 0.5) is 9.18 Å². The van der Waals surface area contributed by atoms with Crippen molar-refractivity contribution in [3.05, 3.63) is 59.6 Å². The minimum absolute atomic E-state index is 0.123. The predicted molar refractivity (Wildman–Crippen MR) is 136 cm³/mol. The maximum Gasteiger partial charge on any atom is 0.409 e. The van der Waals surface area contributed by atoms with Crippen molar-refractivity contribution in [2.45, 2.75) is 27.7 Å². The fourth-order valence-corrected chi connectivity index (χ4v) is 4.47. The van der Waals surface area contributed by atoms with Crippen LogP contribution < -0.4 is 4.74 Å². The average molecular weight is 495 g/mol. The number of hydrogen-bond acceptors (Lipinski definition) is 5. The second kappa shape index (κ2) is 10.8. The summed E-state index contributed by atoms with van der Waals surface area (Å²) >= 11 is 0. The molecule has 3 aromatic rings. The van der Waals surface area contributed by atoms with Gasteiger partial charge in [0.2, 0.25) is 5.91 Å². The molecule has 1 aliphatic heterocycles. The summed E-state index contributed by atoms with van der Waals surface area (Å²) in [5, 5.41) is 0.862. The summed E-state index contributed by atoms with van der Waals surface area (Å²) < 4.78 is 30.4. The van der Waals surface area contributed by atoms with E-state index in [1.807, 2.05) is 26.8 Å². The molecule has 1 aromatic heterocycles. The van der Waals surface area contributed by atoms with E-state index in [9.17, 15) is 14.0 Å². The number of furan rings is 1. The predicted octanol–water partition coefficient (Wildman–Crippen LogP) is 5.65. The lowest BCUT2D eigenvalue weighted by atomic mass is 9.96. The fourth-order valence-electron chi connectivity index (χ4n) is 4.47. The molecule has 0 radical (unpaired) electrons. The van der Waals surface area contributed by atoms with Crippen molar-refractivity contribution in [3.8, 4) is 16.9 Å².